The lowest BCUT2D eigenvalue weighted by Crippen LogP contribution is -2.07. The highest BCUT2D eigenvalue weighted by molar-refractivity contribution is 5.95. The summed E-state index contributed by atoms with van der Waals surface area (Å²) in [5.74, 6) is -0.247. The van der Waals surface area contributed by atoms with E-state index in [0.29, 0.717) is 11.1 Å². The zero-order chi connectivity index (χ0) is 11.6. The van der Waals surface area contributed by atoms with Gasteiger partial charge in [0.15, 0.2) is 11.5 Å². The molecule has 0 amide bonds. The van der Waals surface area contributed by atoms with Crippen LogP contribution in [-0.2, 0) is 0 Å². The van der Waals surface area contributed by atoms with Gasteiger partial charge in [-0.2, -0.15) is 8.78 Å². The van der Waals surface area contributed by atoms with Crippen LogP contribution in [-0.4, -0.2) is 12.4 Å². The molecule has 0 aliphatic carbocycles. The number of carbonyl (C=O) groups is 1. The molecule has 0 unspecified atom stereocenters. The Kier molecular flexibility index (Phi) is 3.24. The molecule has 82 valence electrons. The number of aryl methyl sites for hydroxylation is 1. The fraction of sp³-hybridized carbons (Fsp3) is 0.300. The Hall–Kier alpha value is -1.65. The summed E-state index contributed by atoms with van der Waals surface area (Å²) in [4.78, 5) is 11.0. The van der Waals surface area contributed by atoms with Gasteiger partial charge in [-0.25, -0.2) is 0 Å². The minimum Gasteiger partial charge on any atom is -0.432 e. The molecule has 0 heterocycles. The molecule has 0 fully saturated rings. The van der Waals surface area contributed by atoms with Crippen LogP contribution in [0, 0.1) is 6.92 Å². The van der Waals surface area contributed by atoms with Gasteiger partial charge in [0.2, 0.25) is 0 Å². The number of halogens is 2. The highest BCUT2D eigenvalue weighted by Gasteiger charge is 2.13. The number of Topliss-reactive ketones (excluding diaryl/α,β-unsaturated/α-hetero) is 1. The Morgan fingerprint density at radius 2 is 2.07 bits per heavy atom. The van der Waals surface area contributed by atoms with E-state index in [1.165, 1.54) is 19.1 Å². The standard InChI is InChI=1S/C10H11F2NO2/c1-5-3-7(6(2)14)4-8(13)9(5)15-10(11)12/h3-4,10H,13H2,1-2H3. The van der Waals surface area contributed by atoms with E-state index in [4.69, 9.17) is 5.73 Å². The van der Waals surface area contributed by atoms with Gasteiger partial charge >= 0.3 is 6.61 Å². The van der Waals surface area contributed by atoms with Crippen molar-refractivity contribution in [1.82, 2.24) is 0 Å². The molecule has 1 aromatic rings. The Labute approximate surface area is 85.8 Å². The zero-order valence-electron chi connectivity index (χ0n) is 8.38. The second-order valence-corrected chi connectivity index (χ2v) is 3.15. The number of nitrogens with two attached hydrogens (primary N) is 1. The molecular formula is C10H11F2NO2. The number of hydrogen-bond donors (Lipinski definition) is 1. The molecule has 0 saturated carbocycles. The maximum atomic E-state index is 12.0. The van der Waals surface area contributed by atoms with E-state index in [0.717, 1.165) is 0 Å². The number of anilines is 1. The highest BCUT2D eigenvalue weighted by Crippen LogP contribution is 2.29. The molecule has 0 bridgehead atoms. The van der Waals surface area contributed by atoms with Gasteiger partial charge in [0.1, 0.15) is 0 Å². The summed E-state index contributed by atoms with van der Waals surface area (Å²) in [7, 11) is 0. The van der Waals surface area contributed by atoms with E-state index in [1.807, 2.05) is 0 Å². The van der Waals surface area contributed by atoms with Crippen molar-refractivity contribution in [3.63, 3.8) is 0 Å². The van der Waals surface area contributed by atoms with Gasteiger partial charge in [-0.1, -0.05) is 0 Å². The Bertz CT molecular complexity index is 368. The molecule has 1 aromatic carbocycles. The Morgan fingerprint density at radius 3 is 2.47 bits per heavy atom. The van der Waals surface area contributed by atoms with E-state index in [-0.39, 0.29) is 17.2 Å². The smallest absolute Gasteiger partial charge is 0.387 e. The third kappa shape index (κ3) is 2.65. The van der Waals surface area contributed by atoms with Gasteiger partial charge in [0.05, 0.1) is 5.69 Å². The van der Waals surface area contributed by atoms with E-state index in [2.05, 4.69) is 4.74 Å². The highest BCUT2D eigenvalue weighted by atomic mass is 19.3. The van der Waals surface area contributed by atoms with E-state index >= 15 is 0 Å². The number of rotatable bonds is 3. The van der Waals surface area contributed by atoms with Crippen molar-refractivity contribution in [2.45, 2.75) is 20.5 Å². The molecular weight excluding hydrogens is 204 g/mol. The summed E-state index contributed by atoms with van der Waals surface area (Å²) in [6.45, 7) is 0.0108. The maximum absolute atomic E-state index is 12.0. The first-order valence-electron chi connectivity index (χ1n) is 4.27. The van der Waals surface area contributed by atoms with Crippen LogP contribution in [0.1, 0.15) is 22.8 Å². The third-order valence-electron chi connectivity index (χ3n) is 1.92. The lowest BCUT2D eigenvalue weighted by Gasteiger charge is -2.11. The predicted molar refractivity (Wildman–Crippen MR) is 52.2 cm³/mol. The minimum atomic E-state index is -2.92. The van der Waals surface area contributed by atoms with E-state index in [1.54, 1.807) is 6.92 Å². The second kappa shape index (κ2) is 4.25. The Balaban J connectivity index is 3.15. The molecule has 0 saturated heterocycles. The van der Waals surface area contributed by atoms with Gasteiger partial charge in [-0.15, -0.1) is 0 Å². The number of ketones is 1. The number of alkyl halides is 2. The van der Waals surface area contributed by atoms with Crippen LogP contribution in [0.25, 0.3) is 0 Å². The molecule has 0 radical (unpaired) electrons. The van der Waals surface area contributed by atoms with Gasteiger partial charge in [0.25, 0.3) is 0 Å². The number of nitrogen functional groups attached to an aromatic ring is 1. The van der Waals surface area contributed by atoms with Crippen molar-refractivity contribution in [1.29, 1.82) is 0 Å². The van der Waals surface area contributed by atoms with Crippen molar-refractivity contribution < 1.29 is 18.3 Å². The average molecular weight is 215 g/mol. The van der Waals surface area contributed by atoms with Gasteiger partial charge in [0, 0.05) is 5.56 Å². The van der Waals surface area contributed by atoms with Crippen molar-refractivity contribution in [2.24, 2.45) is 0 Å². The van der Waals surface area contributed by atoms with Crippen LogP contribution < -0.4 is 10.5 Å². The Morgan fingerprint density at radius 1 is 1.47 bits per heavy atom. The van der Waals surface area contributed by atoms with Gasteiger partial charge in [-0.3, -0.25) is 4.79 Å². The largest absolute Gasteiger partial charge is 0.432 e. The first-order chi connectivity index (χ1) is 6.91. The summed E-state index contributed by atoms with van der Waals surface area (Å²) < 4.78 is 28.2. The number of hydrogen-bond acceptors (Lipinski definition) is 3. The van der Waals surface area contributed by atoms with Crippen LogP contribution in [0.5, 0.6) is 5.75 Å². The summed E-state index contributed by atoms with van der Waals surface area (Å²) in [5, 5.41) is 0. The van der Waals surface area contributed by atoms with E-state index in [9.17, 15) is 13.6 Å². The van der Waals surface area contributed by atoms with Crippen LogP contribution in [0.15, 0.2) is 12.1 Å². The van der Waals surface area contributed by atoms with Crippen LogP contribution in [0.4, 0.5) is 14.5 Å². The molecule has 2 N–H and O–H groups in total. The molecule has 3 nitrogen and oxygen atoms in total. The molecule has 5 heteroatoms. The second-order valence-electron chi connectivity index (χ2n) is 3.15. The van der Waals surface area contributed by atoms with E-state index < -0.39 is 6.61 Å². The molecule has 0 atom stereocenters. The number of benzene rings is 1. The summed E-state index contributed by atoms with van der Waals surface area (Å²) in [5.41, 5.74) is 6.34. The monoisotopic (exact) mass is 215 g/mol. The zero-order valence-corrected chi connectivity index (χ0v) is 8.38. The normalized spacial score (nSPS) is 10.5. The topological polar surface area (TPSA) is 52.3 Å². The average Bonchev–Trinajstić information content (AvgIpc) is 2.10. The van der Waals surface area contributed by atoms with Gasteiger partial charge in [-0.05, 0) is 31.5 Å². The fourth-order valence-electron chi connectivity index (χ4n) is 1.25. The van der Waals surface area contributed by atoms with Crippen LogP contribution >= 0.6 is 0 Å². The van der Waals surface area contributed by atoms with Gasteiger partial charge < -0.3 is 10.5 Å². The fourth-order valence-corrected chi connectivity index (χ4v) is 1.25. The third-order valence-corrected chi connectivity index (χ3v) is 1.92. The lowest BCUT2D eigenvalue weighted by molar-refractivity contribution is -0.0497. The van der Waals surface area contributed by atoms with Crippen LogP contribution in [0.3, 0.4) is 0 Å². The summed E-state index contributed by atoms with van der Waals surface area (Å²) >= 11 is 0. The number of ether oxygens (including phenoxy) is 1. The summed E-state index contributed by atoms with van der Waals surface area (Å²) in [6, 6.07) is 2.80. The quantitative estimate of drug-likeness (QED) is 0.622. The molecule has 0 aromatic heterocycles. The first-order valence-corrected chi connectivity index (χ1v) is 4.27. The van der Waals surface area contributed by atoms with Crippen molar-refractivity contribution in [2.75, 3.05) is 5.73 Å². The summed E-state index contributed by atoms with van der Waals surface area (Å²) in [6.07, 6.45) is 0. The maximum Gasteiger partial charge on any atom is 0.387 e. The SMILES string of the molecule is CC(=O)c1cc(C)c(OC(F)F)c(N)c1. The molecule has 15 heavy (non-hydrogen) atoms. The predicted octanol–water partition coefficient (Wildman–Crippen LogP) is 2.38. The van der Waals surface area contributed by atoms with Crippen molar-refractivity contribution in [3.8, 4) is 5.75 Å². The molecule has 0 aliphatic rings. The lowest BCUT2D eigenvalue weighted by atomic mass is 10.1. The number of carbonyl (C=O) groups excluding carboxylic acids is 1. The molecule has 0 aliphatic heterocycles. The van der Waals surface area contributed by atoms with Crippen LogP contribution in [0.2, 0.25) is 0 Å². The minimum absolute atomic E-state index is 0.0421. The van der Waals surface area contributed by atoms with Crippen molar-refractivity contribution >= 4 is 11.5 Å². The molecule has 1 rings (SSSR count). The van der Waals surface area contributed by atoms with Crippen molar-refractivity contribution in [3.05, 3.63) is 23.3 Å². The first kappa shape index (κ1) is 11.4. The molecule has 0 spiro atoms.